The first-order valence-electron chi connectivity index (χ1n) is 5.48. The Balaban J connectivity index is 0. The second-order valence-corrected chi connectivity index (χ2v) is 4.86. The molecule has 0 amide bonds. The molecule has 0 saturated carbocycles. The van der Waals surface area contributed by atoms with Gasteiger partial charge in [-0.05, 0) is 26.7 Å². The van der Waals surface area contributed by atoms with Crippen molar-refractivity contribution in [1.82, 2.24) is 0 Å². The van der Waals surface area contributed by atoms with Crippen molar-refractivity contribution in [2.24, 2.45) is 10.3 Å². The van der Waals surface area contributed by atoms with Crippen LogP contribution in [0.3, 0.4) is 0 Å². The van der Waals surface area contributed by atoms with Crippen molar-refractivity contribution < 1.29 is 10.4 Å². The Morgan fingerprint density at radius 2 is 1.69 bits per heavy atom. The number of hydrogen-bond acceptors (Lipinski definition) is 4. The molecule has 0 aromatic heterocycles. The van der Waals surface area contributed by atoms with Gasteiger partial charge < -0.3 is 10.4 Å². The molecule has 1 atom stereocenters. The molecule has 1 unspecified atom stereocenters. The molecular formula is C11H24N2O2Si. The average molecular weight is 244 g/mol. The van der Waals surface area contributed by atoms with Crippen LogP contribution in [0, 0.1) is 0 Å². The molecule has 0 aliphatic carbocycles. The maximum atomic E-state index is 8.51. The smallest absolute Gasteiger partial charge is 0.0601 e. The topological polar surface area (TPSA) is 65.2 Å². The minimum Gasteiger partial charge on any atom is -0.411 e. The van der Waals surface area contributed by atoms with Crippen molar-refractivity contribution in [3.8, 4) is 0 Å². The summed E-state index contributed by atoms with van der Waals surface area (Å²) in [6.07, 6.45) is 1.65. The molecule has 94 valence electrons. The van der Waals surface area contributed by atoms with E-state index in [-0.39, 0.29) is 0 Å². The highest BCUT2D eigenvalue weighted by molar-refractivity contribution is 6.27. The van der Waals surface area contributed by atoms with Crippen LogP contribution in [0.1, 0.15) is 40.5 Å². The lowest BCUT2D eigenvalue weighted by molar-refractivity contribution is 0.317. The zero-order valence-electron chi connectivity index (χ0n) is 11.0. The summed E-state index contributed by atoms with van der Waals surface area (Å²) in [6, 6.07) is 0. The minimum atomic E-state index is 0.343. The van der Waals surface area contributed by atoms with Gasteiger partial charge in [-0.3, -0.25) is 0 Å². The Labute approximate surface area is 101 Å². The van der Waals surface area contributed by atoms with Gasteiger partial charge in [0.2, 0.25) is 0 Å². The number of rotatable bonds is 4. The predicted octanol–water partition coefficient (Wildman–Crippen LogP) is 2.20. The normalized spacial score (nSPS) is 14.0. The molecule has 0 saturated heterocycles. The Morgan fingerprint density at radius 1 is 1.19 bits per heavy atom. The van der Waals surface area contributed by atoms with Gasteiger partial charge in [0, 0.05) is 15.8 Å². The molecular weight excluding hydrogens is 220 g/mol. The van der Waals surface area contributed by atoms with Crippen molar-refractivity contribution in [1.29, 1.82) is 0 Å². The number of allylic oxidation sites excluding steroid dienone is 1. The molecule has 4 nitrogen and oxygen atoms in total. The van der Waals surface area contributed by atoms with Crippen LogP contribution in [0.15, 0.2) is 22.5 Å². The van der Waals surface area contributed by atoms with Gasteiger partial charge >= 0.3 is 0 Å². The molecule has 5 heteroatoms. The second-order valence-electron chi connectivity index (χ2n) is 3.70. The summed E-state index contributed by atoms with van der Waals surface area (Å²) in [5.41, 5.74) is 3.07. The summed E-state index contributed by atoms with van der Waals surface area (Å²) >= 11 is 0. The quantitative estimate of drug-likeness (QED) is 0.262. The fourth-order valence-electron chi connectivity index (χ4n) is 0.819. The molecule has 2 N–H and O–H groups in total. The van der Waals surface area contributed by atoms with E-state index < -0.39 is 0 Å². The van der Waals surface area contributed by atoms with E-state index in [0.29, 0.717) is 5.54 Å². The van der Waals surface area contributed by atoms with E-state index in [4.69, 9.17) is 10.4 Å². The Hall–Kier alpha value is -1.10. The molecule has 16 heavy (non-hydrogen) atoms. The zero-order chi connectivity index (χ0) is 13.1. The molecule has 0 radical (unpaired) electrons. The first kappa shape index (κ1) is 17.3. The SMILES string of the molecule is C=C(C)C([SiH3])C(CC)=NO.CCC(C)=NO. The van der Waals surface area contributed by atoms with Crippen LogP contribution in [-0.4, -0.2) is 32.1 Å². The van der Waals surface area contributed by atoms with Gasteiger partial charge in [-0.1, -0.05) is 36.3 Å². The lowest BCUT2D eigenvalue weighted by Gasteiger charge is -2.10. The predicted molar refractivity (Wildman–Crippen MR) is 73.2 cm³/mol. The van der Waals surface area contributed by atoms with Gasteiger partial charge in [-0.2, -0.15) is 0 Å². The molecule has 0 aromatic carbocycles. The van der Waals surface area contributed by atoms with Crippen LogP contribution in [0.5, 0.6) is 0 Å². The van der Waals surface area contributed by atoms with Crippen LogP contribution in [0.4, 0.5) is 0 Å². The third kappa shape index (κ3) is 8.23. The van der Waals surface area contributed by atoms with Crippen LogP contribution >= 0.6 is 0 Å². The Kier molecular flexibility index (Phi) is 11.3. The zero-order valence-corrected chi connectivity index (χ0v) is 13.0. The minimum absolute atomic E-state index is 0.343. The summed E-state index contributed by atoms with van der Waals surface area (Å²) in [6.45, 7) is 11.5. The van der Waals surface area contributed by atoms with E-state index in [0.717, 1.165) is 40.1 Å². The van der Waals surface area contributed by atoms with Crippen molar-refractivity contribution in [2.45, 2.75) is 46.1 Å². The summed E-state index contributed by atoms with van der Waals surface area (Å²) in [4.78, 5) is 0. The number of oxime groups is 2. The fraction of sp³-hybridized carbons (Fsp3) is 0.636. The molecule has 0 bridgehead atoms. The maximum Gasteiger partial charge on any atom is 0.0601 e. The summed E-state index contributed by atoms with van der Waals surface area (Å²) in [7, 11) is 0.986. The molecule has 0 rings (SSSR count). The lowest BCUT2D eigenvalue weighted by Crippen LogP contribution is -2.08. The Bertz CT molecular complexity index is 263. The van der Waals surface area contributed by atoms with E-state index in [9.17, 15) is 0 Å². The van der Waals surface area contributed by atoms with E-state index >= 15 is 0 Å². The first-order chi connectivity index (χ1) is 7.44. The lowest BCUT2D eigenvalue weighted by atomic mass is 10.1. The van der Waals surface area contributed by atoms with Gasteiger partial charge in [0.25, 0.3) is 0 Å². The van der Waals surface area contributed by atoms with Crippen LogP contribution in [0.25, 0.3) is 0 Å². The standard InChI is InChI=1S/C7H15NOSi.C4H9NO/c1-4-6(8-9)7(10)5(2)3;1-3-4(2)5-6/h7,9H,2,4H2,1,3,10H3;6H,3H2,1-2H3. The fourth-order valence-corrected chi connectivity index (χ4v) is 1.34. The van der Waals surface area contributed by atoms with Crippen LogP contribution in [0.2, 0.25) is 5.54 Å². The summed E-state index contributed by atoms with van der Waals surface area (Å²) in [5, 5.41) is 22.6. The van der Waals surface area contributed by atoms with E-state index in [1.807, 2.05) is 20.8 Å². The molecule has 0 aliphatic heterocycles. The van der Waals surface area contributed by atoms with E-state index in [1.165, 1.54) is 0 Å². The third-order valence-electron chi connectivity index (χ3n) is 2.41. The second kappa shape index (κ2) is 10.4. The highest BCUT2D eigenvalue weighted by atomic mass is 28.1. The largest absolute Gasteiger partial charge is 0.411 e. The van der Waals surface area contributed by atoms with Crippen molar-refractivity contribution in [2.75, 3.05) is 0 Å². The van der Waals surface area contributed by atoms with Gasteiger partial charge in [-0.15, -0.1) is 0 Å². The number of hydrogen-bond donors (Lipinski definition) is 2. The van der Waals surface area contributed by atoms with Gasteiger partial charge in [0.15, 0.2) is 0 Å². The van der Waals surface area contributed by atoms with Gasteiger partial charge in [-0.25, -0.2) is 0 Å². The average Bonchev–Trinajstić information content (AvgIpc) is 2.30. The number of nitrogens with zero attached hydrogens (tertiary/aromatic N) is 2. The maximum absolute atomic E-state index is 8.51. The molecule has 0 spiro atoms. The molecule has 0 aliphatic rings. The van der Waals surface area contributed by atoms with Crippen molar-refractivity contribution in [3.63, 3.8) is 0 Å². The van der Waals surface area contributed by atoms with Crippen molar-refractivity contribution in [3.05, 3.63) is 12.2 Å². The first-order valence-corrected chi connectivity index (χ1v) is 6.63. The van der Waals surface area contributed by atoms with Gasteiger partial charge in [0.05, 0.1) is 11.4 Å². The van der Waals surface area contributed by atoms with Crippen molar-refractivity contribution >= 4 is 21.7 Å². The summed E-state index contributed by atoms with van der Waals surface area (Å²) < 4.78 is 0. The van der Waals surface area contributed by atoms with Gasteiger partial charge in [0.1, 0.15) is 0 Å². The van der Waals surface area contributed by atoms with E-state index in [1.54, 1.807) is 6.92 Å². The molecule has 0 aromatic rings. The van der Waals surface area contributed by atoms with Crippen LogP contribution in [-0.2, 0) is 0 Å². The highest BCUT2D eigenvalue weighted by Crippen LogP contribution is 2.14. The monoisotopic (exact) mass is 244 g/mol. The van der Waals surface area contributed by atoms with E-state index in [2.05, 4.69) is 16.9 Å². The highest BCUT2D eigenvalue weighted by Gasteiger charge is 2.08. The summed E-state index contributed by atoms with van der Waals surface area (Å²) in [5.74, 6) is 0. The Morgan fingerprint density at radius 3 is 1.75 bits per heavy atom. The molecule has 0 fully saturated rings. The third-order valence-corrected chi connectivity index (χ3v) is 4.06. The van der Waals surface area contributed by atoms with Crippen LogP contribution < -0.4 is 0 Å². The molecule has 0 heterocycles.